The molecule has 1 rings (SSSR count). The number of halogens is 5. The number of hydrogen-bond acceptors (Lipinski definition) is 2. The zero-order valence-corrected chi connectivity index (χ0v) is 8.65. The van der Waals surface area contributed by atoms with Crippen molar-refractivity contribution in [1.29, 1.82) is 5.26 Å². The quantitative estimate of drug-likeness (QED) is 0.831. The zero-order valence-electron chi connectivity index (χ0n) is 7.83. The van der Waals surface area contributed by atoms with Crippen molar-refractivity contribution in [3.8, 4) is 6.07 Å². The topological polar surface area (TPSA) is 61.1 Å². The minimum absolute atomic E-state index is 0.0754. The predicted octanol–water partition coefficient (Wildman–Crippen LogP) is 3.91. The first-order valence-electron chi connectivity index (χ1n) is 3.86. The van der Waals surface area contributed by atoms with E-state index in [0.29, 0.717) is 6.07 Å². The van der Waals surface area contributed by atoms with Gasteiger partial charge < -0.3 is 5.11 Å². The molecule has 0 amide bonds. The van der Waals surface area contributed by atoms with Gasteiger partial charge in [-0.15, -0.1) is 0 Å². The Morgan fingerprint density at radius 3 is 2.06 bits per heavy atom. The van der Waals surface area contributed by atoms with Crippen LogP contribution in [0.3, 0.4) is 0 Å². The van der Waals surface area contributed by atoms with E-state index in [1.54, 1.807) is 0 Å². The summed E-state index contributed by atoms with van der Waals surface area (Å²) in [7, 11) is -9.98. The first-order valence-corrected chi connectivity index (χ1v) is 5.81. The summed E-state index contributed by atoms with van der Waals surface area (Å²) in [6, 6.07) is 1.50. The van der Waals surface area contributed by atoms with Gasteiger partial charge in [0.1, 0.15) is 4.90 Å². The monoisotopic (exact) mass is 273 g/mol. The molecule has 0 aromatic heterocycles. The van der Waals surface area contributed by atoms with Gasteiger partial charge in [0.25, 0.3) is 0 Å². The minimum Gasteiger partial charge on any atom is -0.478 e. The largest absolute Gasteiger partial charge is 0.478 e. The molecule has 1 aromatic carbocycles. The summed E-state index contributed by atoms with van der Waals surface area (Å²) >= 11 is 0. The standard InChI is InChI=1S/C8H4F5NO2S/c9-17(10,11,12,13)7-2-5(4-14)1-6(3-7)8(15)16/h1-3H,(H,15,16). The van der Waals surface area contributed by atoms with Crippen molar-refractivity contribution >= 4 is 16.2 Å². The van der Waals surface area contributed by atoms with E-state index in [1.807, 2.05) is 0 Å². The molecule has 0 radical (unpaired) electrons. The third-order valence-corrected chi connectivity index (χ3v) is 2.85. The van der Waals surface area contributed by atoms with Crippen LogP contribution in [0.5, 0.6) is 0 Å². The number of aromatic carboxylic acids is 1. The van der Waals surface area contributed by atoms with E-state index in [0.717, 1.165) is 0 Å². The van der Waals surface area contributed by atoms with Crippen LogP contribution in [0.4, 0.5) is 19.4 Å². The smallest absolute Gasteiger partial charge is 0.335 e. The lowest BCUT2D eigenvalue weighted by molar-refractivity contribution is 0.0696. The molecule has 0 heterocycles. The first-order chi connectivity index (χ1) is 7.33. The summed E-state index contributed by atoms with van der Waals surface area (Å²) in [4.78, 5) is 8.06. The molecule has 0 aliphatic carbocycles. The number of nitrogens with zero attached hydrogens (tertiary/aromatic N) is 1. The fourth-order valence-electron chi connectivity index (χ4n) is 1.01. The van der Waals surface area contributed by atoms with Crippen LogP contribution in [0, 0.1) is 11.3 Å². The number of rotatable bonds is 2. The molecule has 0 saturated carbocycles. The van der Waals surface area contributed by atoms with E-state index in [4.69, 9.17) is 10.4 Å². The second-order valence-corrected chi connectivity index (χ2v) is 5.54. The van der Waals surface area contributed by atoms with Crippen LogP contribution in [0.15, 0.2) is 23.1 Å². The molecular weight excluding hydrogens is 269 g/mol. The summed E-state index contributed by atoms with van der Waals surface area (Å²) in [5.41, 5.74) is -1.82. The first kappa shape index (κ1) is 13.2. The summed E-state index contributed by atoms with van der Waals surface area (Å²) in [6.07, 6.45) is 0. The molecular formula is C8H4F5NO2S. The summed E-state index contributed by atoms with van der Waals surface area (Å²) in [6.45, 7) is 0. The third kappa shape index (κ3) is 3.07. The van der Waals surface area contributed by atoms with Crippen molar-refractivity contribution in [1.82, 2.24) is 0 Å². The number of carbonyl (C=O) groups is 1. The molecule has 3 nitrogen and oxygen atoms in total. The minimum atomic E-state index is -9.98. The Labute approximate surface area is 91.8 Å². The Balaban J connectivity index is 3.65. The van der Waals surface area contributed by atoms with Crippen LogP contribution < -0.4 is 0 Å². The lowest BCUT2D eigenvalue weighted by Gasteiger charge is -2.40. The van der Waals surface area contributed by atoms with Crippen molar-refractivity contribution in [2.24, 2.45) is 0 Å². The normalized spacial score (nSPS) is 15.5. The molecule has 17 heavy (non-hydrogen) atoms. The van der Waals surface area contributed by atoms with Crippen molar-refractivity contribution in [2.75, 3.05) is 0 Å². The lowest BCUT2D eigenvalue weighted by atomic mass is 10.1. The van der Waals surface area contributed by atoms with Crippen molar-refractivity contribution in [2.45, 2.75) is 4.90 Å². The molecule has 0 bridgehead atoms. The summed E-state index contributed by atoms with van der Waals surface area (Å²) in [5, 5.41) is 16.8. The molecule has 0 aliphatic rings. The van der Waals surface area contributed by atoms with Crippen molar-refractivity contribution in [3.63, 3.8) is 0 Å². The van der Waals surface area contributed by atoms with Gasteiger partial charge in [0.05, 0.1) is 17.2 Å². The van der Waals surface area contributed by atoms with Gasteiger partial charge in [-0.25, -0.2) is 4.79 Å². The number of benzene rings is 1. The van der Waals surface area contributed by atoms with Gasteiger partial charge in [-0.1, -0.05) is 19.4 Å². The summed E-state index contributed by atoms with van der Waals surface area (Å²) in [5.74, 6) is -1.83. The van der Waals surface area contributed by atoms with E-state index < -0.39 is 32.2 Å². The Morgan fingerprint density at radius 1 is 1.18 bits per heavy atom. The highest BCUT2D eigenvalue weighted by Crippen LogP contribution is 3.02. The van der Waals surface area contributed by atoms with Crippen molar-refractivity contribution < 1.29 is 29.3 Å². The maximum atomic E-state index is 12.4. The Morgan fingerprint density at radius 2 is 1.71 bits per heavy atom. The molecule has 94 valence electrons. The lowest BCUT2D eigenvalue weighted by Crippen LogP contribution is -2.08. The van der Waals surface area contributed by atoms with Gasteiger partial charge in [-0.05, 0) is 18.2 Å². The van der Waals surface area contributed by atoms with Crippen molar-refractivity contribution in [3.05, 3.63) is 29.3 Å². The Hall–Kier alpha value is -1.82. The number of carboxylic acid groups (broad SMARTS) is 1. The Kier molecular flexibility index (Phi) is 2.25. The maximum absolute atomic E-state index is 12.4. The molecule has 9 heteroatoms. The fourth-order valence-corrected chi connectivity index (χ4v) is 1.71. The molecule has 0 spiro atoms. The molecule has 0 unspecified atom stereocenters. The van der Waals surface area contributed by atoms with Gasteiger partial charge in [-0.2, -0.15) is 5.26 Å². The second kappa shape index (κ2) is 2.89. The highest BCUT2D eigenvalue weighted by molar-refractivity contribution is 8.45. The molecule has 1 N–H and O–H groups in total. The molecule has 1 aromatic rings. The summed E-state index contributed by atoms with van der Waals surface area (Å²) < 4.78 is 62.0. The maximum Gasteiger partial charge on any atom is 0.335 e. The van der Waals surface area contributed by atoms with E-state index in [-0.39, 0.29) is 12.1 Å². The van der Waals surface area contributed by atoms with Crippen LogP contribution in [-0.4, -0.2) is 11.1 Å². The average Bonchev–Trinajstić information content (AvgIpc) is 2.13. The van der Waals surface area contributed by atoms with E-state index in [2.05, 4.69) is 0 Å². The Bertz CT molecular complexity index is 545. The number of hydrogen-bond donors (Lipinski definition) is 1. The van der Waals surface area contributed by atoms with Gasteiger partial charge >= 0.3 is 16.2 Å². The van der Waals surface area contributed by atoms with Gasteiger partial charge in [0.2, 0.25) is 0 Å². The van der Waals surface area contributed by atoms with E-state index in [1.165, 1.54) is 6.07 Å². The molecule has 0 fully saturated rings. The fraction of sp³-hybridized carbons (Fsp3) is 0. The highest BCUT2D eigenvalue weighted by atomic mass is 32.5. The van der Waals surface area contributed by atoms with Crippen LogP contribution in [0.1, 0.15) is 15.9 Å². The molecule has 0 aliphatic heterocycles. The molecule has 0 saturated heterocycles. The number of carboxylic acids is 1. The SMILES string of the molecule is N#Cc1cc(C(=O)O)cc(S(F)(F)(F)(F)F)c1. The van der Waals surface area contributed by atoms with E-state index in [9.17, 15) is 24.2 Å². The zero-order chi connectivity index (χ0) is 13.5. The van der Waals surface area contributed by atoms with Crippen LogP contribution in [0.2, 0.25) is 0 Å². The average molecular weight is 273 g/mol. The van der Waals surface area contributed by atoms with Crippen LogP contribution >= 0.6 is 10.2 Å². The second-order valence-electron chi connectivity index (χ2n) is 3.13. The highest BCUT2D eigenvalue weighted by Gasteiger charge is 2.65. The van der Waals surface area contributed by atoms with E-state index >= 15 is 0 Å². The molecule has 0 atom stereocenters. The van der Waals surface area contributed by atoms with Gasteiger partial charge in [0.15, 0.2) is 0 Å². The van der Waals surface area contributed by atoms with Gasteiger partial charge in [-0.3, -0.25) is 0 Å². The predicted molar refractivity (Wildman–Crippen MR) is 49.5 cm³/mol. The third-order valence-electron chi connectivity index (χ3n) is 1.73. The van der Waals surface area contributed by atoms with Gasteiger partial charge in [0, 0.05) is 0 Å². The van der Waals surface area contributed by atoms with Crippen LogP contribution in [-0.2, 0) is 0 Å². The van der Waals surface area contributed by atoms with Crippen LogP contribution in [0.25, 0.3) is 0 Å². The number of nitriles is 1.